The number of fused-ring (bicyclic) bond motifs is 1. The lowest BCUT2D eigenvalue weighted by Gasteiger charge is -2.24. The van der Waals surface area contributed by atoms with Crippen LogP contribution in [0.4, 0.5) is 16.2 Å². The van der Waals surface area contributed by atoms with Crippen LogP contribution in [0.25, 0.3) is 0 Å². The summed E-state index contributed by atoms with van der Waals surface area (Å²) in [6.07, 6.45) is -0.540. The van der Waals surface area contributed by atoms with Crippen molar-refractivity contribution >= 4 is 23.3 Å². The van der Waals surface area contributed by atoms with E-state index in [1.54, 1.807) is 36.3 Å². The molecule has 30 heavy (non-hydrogen) atoms. The summed E-state index contributed by atoms with van der Waals surface area (Å²) in [5.74, 6) is 0.389. The van der Waals surface area contributed by atoms with E-state index in [4.69, 9.17) is 14.2 Å². The van der Waals surface area contributed by atoms with Crippen LogP contribution in [0.2, 0.25) is 0 Å². The number of para-hydroxylation sites is 1. The molecule has 0 unspecified atom stereocenters. The second kappa shape index (κ2) is 10.1. The molecule has 8 nitrogen and oxygen atoms in total. The highest BCUT2D eigenvalue weighted by atomic mass is 16.7. The van der Waals surface area contributed by atoms with Crippen LogP contribution in [0.1, 0.15) is 25.5 Å². The summed E-state index contributed by atoms with van der Waals surface area (Å²) in [6.45, 7) is 4.93. The Kier molecular flexibility index (Phi) is 7.26. The average molecular weight is 413 g/mol. The first-order chi connectivity index (χ1) is 14.6. The number of amides is 3. The van der Waals surface area contributed by atoms with Gasteiger partial charge in [0.2, 0.25) is 0 Å². The van der Waals surface area contributed by atoms with Gasteiger partial charge in [-0.2, -0.15) is 0 Å². The van der Waals surface area contributed by atoms with Crippen molar-refractivity contribution in [2.24, 2.45) is 0 Å². The number of anilines is 2. The Balaban J connectivity index is 1.75. The van der Waals surface area contributed by atoms with Crippen LogP contribution in [0, 0.1) is 0 Å². The third kappa shape index (κ3) is 4.90. The molecule has 0 aliphatic carbocycles. The van der Waals surface area contributed by atoms with E-state index in [0.29, 0.717) is 24.7 Å². The first-order valence-corrected chi connectivity index (χ1v) is 9.92. The second-order valence-corrected chi connectivity index (χ2v) is 6.61. The van der Waals surface area contributed by atoms with Gasteiger partial charge in [-0.3, -0.25) is 4.79 Å². The summed E-state index contributed by atoms with van der Waals surface area (Å²) >= 11 is 0. The zero-order chi connectivity index (χ0) is 21.5. The zero-order valence-electron chi connectivity index (χ0n) is 17.4. The highest BCUT2D eigenvalue weighted by molar-refractivity contribution is 6.07. The Bertz CT molecular complexity index is 883. The maximum Gasteiger partial charge on any atom is 0.320 e. The summed E-state index contributed by atoms with van der Waals surface area (Å²) in [5.41, 5.74) is 2.03. The van der Waals surface area contributed by atoms with Crippen molar-refractivity contribution < 1.29 is 23.8 Å². The van der Waals surface area contributed by atoms with Crippen LogP contribution >= 0.6 is 0 Å². The van der Waals surface area contributed by atoms with Crippen LogP contribution in [0.3, 0.4) is 0 Å². The molecule has 0 saturated heterocycles. The van der Waals surface area contributed by atoms with Crippen LogP contribution < -0.4 is 20.3 Å². The molecule has 8 heteroatoms. The van der Waals surface area contributed by atoms with Crippen molar-refractivity contribution in [1.29, 1.82) is 0 Å². The Hall–Kier alpha value is -3.10. The Morgan fingerprint density at radius 1 is 1.10 bits per heavy atom. The third-order valence-electron chi connectivity index (χ3n) is 4.69. The Morgan fingerprint density at radius 3 is 2.53 bits per heavy atom. The predicted molar refractivity (Wildman–Crippen MR) is 114 cm³/mol. The summed E-state index contributed by atoms with van der Waals surface area (Å²) in [6, 6.07) is 13.1. The number of carbonyl (C=O) groups is 2. The normalized spacial score (nSPS) is 15.3. The minimum Gasteiger partial charge on any atom is -0.497 e. The van der Waals surface area contributed by atoms with E-state index in [0.717, 1.165) is 11.3 Å². The monoisotopic (exact) mass is 413 g/mol. The van der Waals surface area contributed by atoms with Gasteiger partial charge in [0.15, 0.2) is 6.29 Å². The van der Waals surface area contributed by atoms with E-state index < -0.39 is 18.4 Å². The Morgan fingerprint density at radius 2 is 1.83 bits per heavy atom. The quantitative estimate of drug-likeness (QED) is 0.616. The number of carbonyl (C=O) groups excluding carboxylic acids is 2. The lowest BCUT2D eigenvalue weighted by molar-refractivity contribution is -0.135. The van der Waals surface area contributed by atoms with Gasteiger partial charge in [-0.25, -0.2) is 4.79 Å². The van der Waals surface area contributed by atoms with Crippen LogP contribution in [-0.4, -0.2) is 45.1 Å². The molecule has 1 aliphatic heterocycles. The first-order valence-electron chi connectivity index (χ1n) is 9.92. The standard InChI is InChI=1S/C22H27N3O5/c1-4-29-19(30-5-2)14-25-18-12-7-6-11-17(18)20(21(25)26)24-22(27)23-15-9-8-10-16(13-15)28-3/h6-13,19-20H,4-5,14H2,1-3H3,(H2,23,24,27)/t20-/m0/s1. The van der Waals surface area contributed by atoms with Crippen molar-refractivity contribution in [3.8, 4) is 5.75 Å². The van der Waals surface area contributed by atoms with Gasteiger partial charge in [-0.15, -0.1) is 0 Å². The van der Waals surface area contributed by atoms with Gasteiger partial charge in [-0.1, -0.05) is 24.3 Å². The maximum atomic E-state index is 13.1. The van der Waals surface area contributed by atoms with Gasteiger partial charge in [0.25, 0.3) is 5.91 Å². The molecule has 0 saturated carbocycles. The van der Waals surface area contributed by atoms with Crippen molar-refractivity contribution in [1.82, 2.24) is 5.32 Å². The molecule has 0 spiro atoms. The predicted octanol–water partition coefficient (Wildman–Crippen LogP) is 3.30. The van der Waals surface area contributed by atoms with Gasteiger partial charge in [0.1, 0.15) is 11.8 Å². The summed E-state index contributed by atoms with van der Waals surface area (Å²) in [5, 5.41) is 5.52. The van der Waals surface area contributed by atoms with E-state index in [1.165, 1.54) is 0 Å². The number of ether oxygens (including phenoxy) is 3. The van der Waals surface area contributed by atoms with Crippen molar-refractivity contribution in [2.75, 3.05) is 37.1 Å². The number of methoxy groups -OCH3 is 1. The van der Waals surface area contributed by atoms with Crippen molar-refractivity contribution in [3.63, 3.8) is 0 Å². The fourth-order valence-corrected chi connectivity index (χ4v) is 3.39. The molecule has 160 valence electrons. The summed E-state index contributed by atoms with van der Waals surface area (Å²) in [4.78, 5) is 27.3. The average Bonchev–Trinajstić information content (AvgIpc) is 3.00. The van der Waals surface area contributed by atoms with Gasteiger partial charge < -0.3 is 29.7 Å². The molecular formula is C22H27N3O5. The lowest BCUT2D eigenvalue weighted by Crippen LogP contribution is -2.43. The van der Waals surface area contributed by atoms with Gasteiger partial charge in [0.05, 0.1) is 13.7 Å². The molecule has 1 heterocycles. The van der Waals surface area contributed by atoms with Crippen molar-refractivity contribution in [2.45, 2.75) is 26.2 Å². The van der Waals surface area contributed by atoms with Gasteiger partial charge in [0, 0.05) is 36.2 Å². The molecule has 3 amide bonds. The van der Waals surface area contributed by atoms with Crippen LogP contribution in [-0.2, 0) is 14.3 Å². The number of urea groups is 1. The molecule has 1 aliphatic rings. The molecule has 0 fully saturated rings. The number of rotatable bonds is 9. The molecule has 0 aromatic heterocycles. The SMILES string of the molecule is CCOC(CN1C(=O)[C@@H](NC(=O)Nc2cccc(OC)c2)c2ccccc21)OCC. The highest BCUT2D eigenvalue weighted by Gasteiger charge is 2.39. The van der Waals surface area contributed by atoms with Gasteiger partial charge >= 0.3 is 6.03 Å². The molecule has 1 atom stereocenters. The summed E-state index contributed by atoms with van der Waals surface area (Å²) in [7, 11) is 1.56. The Labute approximate surface area is 176 Å². The highest BCUT2D eigenvalue weighted by Crippen LogP contribution is 2.36. The van der Waals surface area contributed by atoms with E-state index in [9.17, 15) is 9.59 Å². The second-order valence-electron chi connectivity index (χ2n) is 6.61. The van der Waals surface area contributed by atoms with E-state index in [1.807, 2.05) is 38.1 Å². The smallest absolute Gasteiger partial charge is 0.320 e. The van der Waals surface area contributed by atoms with Crippen molar-refractivity contribution in [3.05, 3.63) is 54.1 Å². The minimum atomic E-state index is -0.796. The van der Waals surface area contributed by atoms with Crippen LogP contribution in [0.15, 0.2) is 48.5 Å². The first kappa shape index (κ1) is 21.6. The number of nitrogens with zero attached hydrogens (tertiary/aromatic N) is 1. The van der Waals surface area contributed by atoms with E-state index >= 15 is 0 Å². The third-order valence-corrected chi connectivity index (χ3v) is 4.69. The molecular weight excluding hydrogens is 386 g/mol. The number of nitrogens with one attached hydrogen (secondary N) is 2. The van der Waals surface area contributed by atoms with E-state index in [-0.39, 0.29) is 12.5 Å². The molecule has 2 aromatic carbocycles. The topological polar surface area (TPSA) is 89.1 Å². The minimum absolute atomic E-state index is 0.235. The summed E-state index contributed by atoms with van der Waals surface area (Å²) < 4.78 is 16.4. The maximum absolute atomic E-state index is 13.1. The molecule has 0 radical (unpaired) electrons. The number of hydrogen-bond acceptors (Lipinski definition) is 5. The molecule has 2 N–H and O–H groups in total. The number of hydrogen-bond donors (Lipinski definition) is 2. The fourth-order valence-electron chi connectivity index (χ4n) is 3.39. The number of benzene rings is 2. The molecule has 3 rings (SSSR count). The van der Waals surface area contributed by atoms with E-state index in [2.05, 4.69) is 10.6 Å². The largest absolute Gasteiger partial charge is 0.497 e. The van der Waals surface area contributed by atoms with Crippen LogP contribution in [0.5, 0.6) is 5.75 Å². The molecule has 2 aromatic rings. The fraction of sp³-hybridized carbons (Fsp3) is 0.364. The zero-order valence-corrected chi connectivity index (χ0v) is 17.4. The molecule has 0 bridgehead atoms. The lowest BCUT2D eigenvalue weighted by atomic mass is 10.1. The van der Waals surface area contributed by atoms with Gasteiger partial charge in [-0.05, 0) is 32.0 Å².